The molecule has 0 aliphatic rings. The maximum atomic E-state index is 5.94. The Morgan fingerprint density at radius 1 is 1.12 bits per heavy atom. The molecule has 0 aliphatic heterocycles. The minimum absolute atomic E-state index is 0. The van der Waals surface area contributed by atoms with Crippen LogP contribution in [-0.4, -0.2) is 10.9 Å². The van der Waals surface area contributed by atoms with Gasteiger partial charge in [0, 0.05) is 11.3 Å². The molecule has 0 fully saturated rings. The SMILES string of the molecule is Cc1cc(C)cc(NC(N)=NCc2ncc(-c3ccccc3)o2)c1.I. The lowest BCUT2D eigenvalue weighted by Crippen LogP contribution is -2.22. The topological polar surface area (TPSA) is 76.4 Å². The number of aryl methyl sites for hydroxylation is 2. The minimum Gasteiger partial charge on any atom is -0.439 e. The van der Waals surface area contributed by atoms with Crippen molar-refractivity contribution >= 4 is 35.6 Å². The van der Waals surface area contributed by atoms with Crippen LogP contribution in [0.2, 0.25) is 0 Å². The van der Waals surface area contributed by atoms with Gasteiger partial charge in [-0.2, -0.15) is 0 Å². The van der Waals surface area contributed by atoms with E-state index in [9.17, 15) is 0 Å². The molecular weight excluding hydrogens is 427 g/mol. The van der Waals surface area contributed by atoms with E-state index in [0.29, 0.717) is 11.9 Å². The van der Waals surface area contributed by atoms with E-state index >= 15 is 0 Å². The van der Waals surface area contributed by atoms with Crippen molar-refractivity contribution in [3.63, 3.8) is 0 Å². The zero-order valence-corrected chi connectivity index (χ0v) is 16.5. The highest BCUT2D eigenvalue weighted by molar-refractivity contribution is 14.0. The van der Waals surface area contributed by atoms with Crippen LogP contribution in [0.3, 0.4) is 0 Å². The Labute approximate surface area is 164 Å². The maximum absolute atomic E-state index is 5.94. The summed E-state index contributed by atoms with van der Waals surface area (Å²) in [5.74, 6) is 1.58. The first-order valence-electron chi connectivity index (χ1n) is 7.75. The molecule has 25 heavy (non-hydrogen) atoms. The Kier molecular flexibility index (Phi) is 6.58. The second-order valence-corrected chi connectivity index (χ2v) is 5.69. The monoisotopic (exact) mass is 448 g/mol. The number of nitrogens with zero attached hydrogens (tertiary/aromatic N) is 2. The second kappa shape index (κ2) is 8.66. The number of nitrogens with one attached hydrogen (secondary N) is 1. The first-order chi connectivity index (χ1) is 11.6. The number of nitrogens with two attached hydrogens (primary N) is 1. The van der Waals surface area contributed by atoms with Gasteiger partial charge in [0.05, 0.1) is 6.20 Å². The van der Waals surface area contributed by atoms with E-state index in [1.54, 1.807) is 6.20 Å². The fourth-order valence-electron chi connectivity index (χ4n) is 2.51. The summed E-state index contributed by atoms with van der Waals surface area (Å²) in [5, 5.41) is 3.09. The molecule has 130 valence electrons. The Morgan fingerprint density at radius 2 is 1.80 bits per heavy atom. The Hall–Kier alpha value is -2.35. The molecule has 3 N–H and O–H groups in total. The van der Waals surface area contributed by atoms with E-state index in [-0.39, 0.29) is 30.5 Å². The minimum atomic E-state index is 0. The Morgan fingerprint density at radius 3 is 2.48 bits per heavy atom. The summed E-state index contributed by atoms with van der Waals surface area (Å²) in [4.78, 5) is 8.53. The van der Waals surface area contributed by atoms with E-state index in [4.69, 9.17) is 10.2 Å². The molecule has 3 aromatic rings. The molecule has 0 saturated carbocycles. The summed E-state index contributed by atoms with van der Waals surface area (Å²) in [6, 6.07) is 16.0. The molecule has 1 heterocycles. The van der Waals surface area contributed by atoms with Crippen LogP contribution >= 0.6 is 24.0 Å². The fourth-order valence-corrected chi connectivity index (χ4v) is 2.51. The van der Waals surface area contributed by atoms with Crippen molar-refractivity contribution in [2.24, 2.45) is 10.7 Å². The molecule has 0 bridgehead atoms. The van der Waals surface area contributed by atoms with Gasteiger partial charge in [0.15, 0.2) is 11.7 Å². The summed E-state index contributed by atoms with van der Waals surface area (Å²) in [5.41, 5.74) is 10.2. The highest BCUT2D eigenvalue weighted by Crippen LogP contribution is 2.20. The van der Waals surface area contributed by atoms with Gasteiger partial charge in [0.1, 0.15) is 6.54 Å². The predicted octanol–water partition coefficient (Wildman–Crippen LogP) is 4.50. The second-order valence-electron chi connectivity index (χ2n) is 5.69. The van der Waals surface area contributed by atoms with Gasteiger partial charge >= 0.3 is 0 Å². The zero-order valence-electron chi connectivity index (χ0n) is 14.2. The van der Waals surface area contributed by atoms with E-state index in [0.717, 1.165) is 17.0 Å². The molecule has 2 aromatic carbocycles. The lowest BCUT2D eigenvalue weighted by molar-refractivity contribution is 0.510. The number of aromatic nitrogens is 1. The van der Waals surface area contributed by atoms with E-state index in [1.165, 1.54) is 11.1 Å². The smallest absolute Gasteiger partial charge is 0.216 e. The molecule has 3 rings (SSSR count). The lowest BCUT2D eigenvalue weighted by Gasteiger charge is -2.07. The van der Waals surface area contributed by atoms with Gasteiger partial charge in [-0.15, -0.1) is 24.0 Å². The largest absolute Gasteiger partial charge is 0.439 e. The van der Waals surface area contributed by atoms with Gasteiger partial charge in [0.2, 0.25) is 5.89 Å². The van der Waals surface area contributed by atoms with Crippen LogP contribution in [0.1, 0.15) is 17.0 Å². The molecule has 1 aromatic heterocycles. The first-order valence-corrected chi connectivity index (χ1v) is 7.75. The Bertz CT molecular complexity index is 839. The average Bonchev–Trinajstić information content (AvgIpc) is 3.02. The number of hydrogen-bond donors (Lipinski definition) is 2. The number of oxazole rings is 1. The van der Waals surface area contributed by atoms with Crippen LogP contribution in [0.5, 0.6) is 0 Å². The van der Waals surface area contributed by atoms with Gasteiger partial charge < -0.3 is 15.5 Å². The maximum Gasteiger partial charge on any atom is 0.216 e. The molecule has 0 amide bonds. The molecule has 6 heteroatoms. The van der Waals surface area contributed by atoms with Crippen LogP contribution in [-0.2, 0) is 6.54 Å². The standard InChI is InChI=1S/C19H20N4O.HI/c1-13-8-14(2)10-16(9-13)23-19(20)22-12-18-21-11-17(24-18)15-6-4-3-5-7-15;/h3-11H,12H2,1-2H3,(H3,20,22,23);1H. The molecule has 0 atom stereocenters. The zero-order chi connectivity index (χ0) is 16.9. The third kappa shape index (κ3) is 5.32. The number of anilines is 1. The highest BCUT2D eigenvalue weighted by atomic mass is 127. The summed E-state index contributed by atoms with van der Waals surface area (Å²) in [7, 11) is 0. The number of halogens is 1. The van der Waals surface area contributed by atoms with Crippen molar-refractivity contribution in [2.75, 3.05) is 5.32 Å². The van der Waals surface area contributed by atoms with Crippen molar-refractivity contribution < 1.29 is 4.42 Å². The quantitative estimate of drug-likeness (QED) is 0.350. The lowest BCUT2D eigenvalue weighted by atomic mass is 10.1. The summed E-state index contributed by atoms with van der Waals surface area (Å²) in [6.07, 6.45) is 1.70. The van der Waals surface area contributed by atoms with Crippen LogP contribution in [0.4, 0.5) is 5.69 Å². The fraction of sp³-hybridized carbons (Fsp3) is 0.158. The van der Waals surface area contributed by atoms with Gasteiger partial charge in [-0.3, -0.25) is 0 Å². The molecule has 0 radical (unpaired) electrons. The van der Waals surface area contributed by atoms with Crippen LogP contribution < -0.4 is 11.1 Å². The van der Waals surface area contributed by atoms with E-state index in [2.05, 4.69) is 21.4 Å². The van der Waals surface area contributed by atoms with E-state index in [1.807, 2.05) is 56.3 Å². The Balaban J connectivity index is 0.00000225. The number of guanidine groups is 1. The number of aliphatic imine (C=N–C) groups is 1. The summed E-state index contributed by atoms with van der Waals surface area (Å²) < 4.78 is 5.71. The summed E-state index contributed by atoms with van der Waals surface area (Å²) in [6.45, 7) is 4.38. The van der Waals surface area contributed by atoms with Gasteiger partial charge in [-0.05, 0) is 37.1 Å². The number of benzene rings is 2. The van der Waals surface area contributed by atoms with Gasteiger partial charge in [-0.1, -0.05) is 36.4 Å². The van der Waals surface area contributed by atoms with Gasteiger partial charge in [-0.25, -0.2) is 9.98 Å². The van der Waals surface area contributed by atoms with Crippen LogP contribution in [0, 0.1) is 13.8 Å². The van der Waals surface area contributed by atoms with Crippen molar-refractivity contribution in [1.82, 2.24) is 4.98 Å². The molecule has 0 unspecified atom stereocenters. The molecule has 0 aliphatic carbocycles. The predicted molar refractivity (Wildman–Crippen MR) is 112 cm³/mol. The number of hydrogen-bond acceptors (Lipinski definition) is 3. The molecule has 5 nitrogen and oxygen atoms in total. The molecule has 0 saturated heterocycles. The molecular formula is C19H21IN4O. The van der Waals surface area contributed by atoms with Gasteiger partial charge in [0.25, 0.3) is 0 Å². The summed E-state index contributed by atoms with van der Waals surface area (Å²) >= 11 is 0. The third-order valence-corrected chi connectivity index (χ3v) is 3.49. The van der Waals surface area contributed by atoms with E-state index < -0.39 is 0 Å². The molecule has 0 spiro atoms. The van der Waals surface area contributed by atoms with Crippen LogP contribution in [0.15, 0.2) is 64.1 Å². The average molecular weight is 448 g/mol. The van der Waals surface area contributed by atoms with Crippen molar-refractivity contribution in [3.05, 3.63) is 71.7 Å². The van der Waals surface area contributed by atoms with Crippen molar-refractivity contribution in [3.8, 4) is 11.3 Å². The third-order valence-electron chi connectivity index (χ3n) is 3.49. The van der Waals surface area contributed by atoms with Crippen molar-refractivity contribution in [1.29, 1.82) is 0 Å². The number of rotatable bonds is 4. The normalized spacial score (nSPS) is 11.0. The highest BCUT2D eigenvalue weighted by Gasteiger charge is 2.05. The van der Waals surface area contributed by atoms with Crippen LogP contribution in [0.25, 0.3) is 11.3 Å². The first kappa shape index (κ1) is 19.0. The van der Waals surface area contributed by atoms with Crippen molar-refractivity contribution in [2.45, 2.75) is 20.4 Å².